The van der Waals surface area contributed by atoms with Crippen LogP contribution in [0.2, 0.25) is 5.02 Å². The molecule has 0 aromatic heterocycles. The standard InChI is InChI=1S/C18H20ClF3O4/c1-3-5-6-7-25-15-10-14-11(9-13(15)19)8-12(17(23)24-4-2)16(26-14)18(20,21)22/h8-10,16H,3-7H2,1-2H3. The number of unbranched alkanes of at least 4 members (excludes halogenated alkanes) is 2. The molecule has 0 amide bonds. The summed E-state index contributed by atoms with van der Waals surface area (Å²) in [5, 5.41) is 0.230. The number of ether oxygens (including phenoxy) is 3. The monoisotopic (exact) mass is 392 g/mol. The van der Waals surface area contributed by atoms with Crippen molar-refractivity contribution in [1.82, 2.24) is 0 Å². The largest absolute Gasteiger partial charge is 0.492 e. The summed E-state index contributed by atoms with van der Waals surface area (Å²) in [6.07, 6.45) is -3.27. The average molecular weight is 393 g/mol. The molecular formula is C18H20ClF3O4. The van der Waals surface area contributed by atoms with Gasteiger partial charge in [0.15, 0.2) is 0 Å². The number of benzene rings is 1. The van der Waals surface area contributed by atoms with E-state index in [1.54, 1.807) is 0 Å². The molecule has 0 spiro atoms. The third-order valence-electron chi connectivity index (χ3n) is 3.72. The first kappa shape index (κ1) is 20.4. The number of hydrogen-bond acceptors (Lipinski definition) is 4. The number of esters is 1. The molecule has 1 atom stereocenters. The zero-order valence-corrected chi connectivity index (χ0v) is 15.2. The normalized spacial score (nSPS) is 16.4. The van der Waals surface area contributed by atoms with Crippen LogP contribution in [0.1, 0.15) is 38.7 Å². The zero-order chi connectivity index (χ0) is 19.3. The number of carbonyl (C=O) groups excluding carboxylic acids is 1. The Bertz CT molecular complexity index is 686. The highest BCUT2D eigenvalue weighted by molar-refractivity contribution is 6.32. The molecule has 0 N–H and O–H groups in total. The molecule has 1 aliphatic heterocycles. The molecule has 2 rings (SSSR count). The van der Waals surface area contributed by atoms with Crippen LogP contribution in [0.5, 0.6) is 11.5 Å². The van der Waals surface area contributed by atoms with E-state index in [-0.39, 0.29) is 28.7 Å². The van der Waals surface area contributed by atoms with Gasteiger partial charge < -0.3 is 14.2 Å². The van der Waals surface area contributed by atoms with Gasteiger partial charge in [0.2, 0.25) is 6.10 Å². The molecule has 1 aliphatic rings. The summed E-state index contributed by atoms with van der Waals surface area (Å²) in [7, 11) is 0. The first-order chi connectivity index (χ1) is 12.3. The maximum atomic E-state index is 13.3. The Labute approximate surface area is 154 Å². The summed E-state index contributed by atoms with van der Waals surface area (Å²) < 4.78 is 55.3. The predicted molar refractivity (Wildman–Crippen MR) is 91.6 cm³/mol. The fourth-order valence-corrected chi connectivity index (χ4v) is 2.69. The van der Waals surface area contributed by atoms with Crippen LogP contribution in [-0.2, 0) is 9.53 Å². The highest BCUT2D eigenvalue weighted by Gasteiger charge is 2.49. The van der Waals surface area contributed by atoms with Crippen molar-refractivity contribution >= 4 is 23.6 Å². The van der Waals surface area contributed by atoms with E-state index in [0.717, 1.165) is 25.3 Å². The fourth-order valence-electron chi connectivity index (χ4n) is 2.47. The van der Waals surface area contributed by atoms with Gasteiger partial charge in [-0.3, -0.25) is 0 Å². The summed E-state index contributed by atoms with van der Waals surface area (Å²) >= 11 is 6.14. The molecule has 0 fully saturated rings. The lowest BCUT2D eigenvalue weighted by atomic mass is 10.0. The van der Waals surface area contributed by atoms with Crippen LogP contribution in [0.4, 0.5) is 13.2 Å². The van der Waals surface area contributed by atoms with Gasteiger partial charge in [-0.2, -0.15) is 13.2 Å². The van der Waals surface area contributed by atoms with Gasteiger partial charge in [0, 0.05) is 11.6 Å². The van der Waals surface area contributed by atoms with Gasteiger partial charge in [0.1, 0.15) is 11.5 Å². The Balaban J connectivity index is 2.33. The zero-order valence-electron chi connectivity index (χ0n) is 14.5. The van der Waals surface area contributed by atoms with Crippen molar-refractivity contribution in [2.24, 2.45) is 0 Å². The molecule has 0 radical (unpaired) electrons. The van der Waals surface area contributed by atoms with Crippen LogP contribution in [0, 0.1) is 0 Å². The second-order valence-electron chi connectivity index (χ2n) is 5.74. The van der Waals surface area contributed by atoms with Crippen molar-refractivity contribution in [1.29, 1.82) is 0 Å². The van der Waals surface area contributed by atoms with Crippen molar-refractivity contribution in [3.8, 4) is 11.5 Å². The van der Waals surface area contributed by atoms with Gasteiger partial charge in [0.25, 0.3) is 0 Å². The van der Waals surface area contributed by atoms with Crippen molar-refractivity contribution in [3.63, 3.8) is 0 Å². The van der Waals surface area contributed by atoms with E-state index in [1.165, 1.54) is 19.1 Å². The lowest BCUT2D eigenvalue weighted by molar-refractivity contribution is -0.187. The van der Waals surface area contributed by atoms with E-state index in [0.29, 0.717) is 6.61 Å². The third kappa shape index (κ3) is 4.84. The van der Waals surface area contributed by atoms with Gasteiger partial charge in [-0.25, -0.2) is 4.79 Å². The van der Waals surface area contributed by atoms with Crippen molar-refractivity contribution in [2.75, 3.05) is 13.2 Å². The Morgan fingerprint density at radius 1 is 1.27 bits per heavy atom. The summed E-state index contributed by atoms with van der Waals surface area (Å²) in [5.41, 5.74) is -0.348. The Kier molecular flexibility index (Phi) is 6.81. The van der Waals surface area contributed by atoms with Gasteiger partial charge in [-0.05, 0) is 25.5 Å². The van der Waals surface area contributed by atoms with Crippen LogP contribution in [-0.4, -0.2) is 31.5 Å². The number of rotatable bonds is 7. The number of hydrogen-bond donors (Lipinski definition) is 0. The quantitative estimate of drug-likeness (QED) is 0.474. The van der Waals surface area contributed by atoms with Crippen molar-refractivity contribution in [2.45, 2.75) is 45.4 Å². The van der Waals surface area contributed by atoms with Gasteiger partial charge in [0.05, 0.1) is 23.8 Å². The number of alkyl halides is 3. The summed E-state index contributed by atoms with van der Waals surface area (Å²) in [4.78, 5) is 11.9. The summed E-state index contributed by atoms with van der Waals surface area (Å²) in [6.45, 7) is 3.92. The fraction of sp³-hybridized carbons (Fsp3) is 0.500. The molecule has 26 heavy (non-hydrogen) atoms. The van der Waals surface area contributed by atoms with E-state index >= 15 is 0 Å². The highest BCUT2D eigenvalue weighted by atomic mass is 35.5. The lowest BCUT2D eigenvalue weighted by Gasteiger charge is -2.28. The minimum absolute atomic E-state index is 0.0428. The van der Waals surface area contributed by atoms with E-state index in [4.69, 9.17) is 25.8 Å². The lowest BCUT2D eigenvalue weighted by Crippen LogP contribution is -2.40. The molecule has 0 aliphatic carbocycles. The summed E-state index contributed by atoms with van der Waals surface area (Å²) in [6, 6.07) is 2.73. The first-order valence-corrected chi connectivity index (χ1v) is 8.74. The molecule has 0 saturated heterocycles. The Morgan fingerprint density at radius 2 is 2.00 bits per heavy atom. The van der Waals surface area contributed by atoms with Crippen LogP contribution in [0.15, 0.2) is 17.7 Å². The van der Waals surface area contributed by atoms with Crippen molar-refractivity contribution in [3.05, 3.63) is 28.3 Å². The van der Waals surface area contributed by atoms with E-state index in [9.17, 15) is 18.0 Å². The molecule has 1 aromatic carbocycles. The van der Waals surface area contributed by atoms with Crippen molar-refractivity contribution < 1.29 is 32.2 Å². The Morgan fingerprint density at radius 3 is 2.62 bits per heavy atom. The van der Waals surface area contributed by atoms with Crippen LogP contribution in [0.25, 0.3) is 6.08 Å². The van der Waals surface area contributed by atoms with Crippen LogP contribution >= 0.6 is 11.6 Å². The SMILES string of the molecule is CCCCCOc1cc2c(cc1Cl)C=C(C(=O)OCC)C(C(F)(F)F)O2. The average Bonchev–Trinajstić information content (AvgIpc) is 2.57. The number of fused-ring (bicyclic) bond motifs is 1. The van der Waals surface area contributed by atoms with Gasteiger partial charge in [-0.1, -0.05) is 31.4 Å². The van der Waals surface area contributed by atoms with Crippen LogP contribution in [0.3, 0.4) is 0 Å². The topological polar surface area (TPSA) is 44.8 Å². The summed E-state index contributed by atoms with van der Waals surface area (Å²) in [5.74, 6) is -0.873. The molecule has 8 heteroatoms. The first-order valence-electron chi connectivity index (χ1n) is 8.36. The molecule has 0 bridgehead atoms. The maximum Gasteiger partial charge on any atom is 0.430 e. The minimum Gasteiger partial charge on any atom is -0.492 e. The van der Waals surface area contributed by atoms with Gasteiger partial charge in [-0.15, -0.1) is 0 Å². The molecule has 1 heterocycles. The third-order valence-corrected chi connectivity index (χ3v) is 4.01. The van der Waals surface area contributed by atoms with E-state index < -0.39 is 23.8 Å². The second-order valence-corrected chi connectivity index (χ2v) is 6.14. The highest BCUT2D eigenvalue weighted by Crippen LogP contribution is 2.41. The second kappa shape index (κ2) is 8.66. The van der Waals surface area contributed by atoms with E-state index in [2.05, 4.69) is 0 Å². The molecule has 4 nitrogen and oxygen atoms in total. The molecule has 1 unspecified atom stereocenters. The Hall–Kier alpha value is -1.89. The number of carbonyl (C=O) groups is 1. The predicted octanol–water partition coefficient (Wildman–Crippen LogP) is 5.18. The molecule has 1 aromatic rings. The van der Waals surface area contributed by atoms with E-state index in [1.807, 2.05) is 6.92 Å². The maximum absolute atomic E-state index is 13.3. The molecule has 144 valence electrons. The van der Waals surface area contributed by atoms with Gasteiger partial charge >= 0.3 is 12.1 Å². The molecular weight excluding hydrogens is 373 g/mol. The molecule has 0 saturated carbocycles. The number of halogens is 4. The minimum atomic E-state index is -4.77. The van der Waals surface area contributed by atoms with Crippen LogP contribution < -0.4 is 9.47 Å². The smallest absolute Gasteiger partial charge is 0.430 e.